The summed E-state index contributed by atoms with van der Waals surface area (Å²) in [7, 11) is 0. The van der Waals surface area contributed by atoms with E-state index in [0.29, 0.717) is 16.5 Å². The molecule has 1 amide bonds. The zero-order valence-corrected chi connectivity index (χ0v) is 12.2. The molecular weight excluding hydrogens is 273 g/mol. The van der Waals surface area contributed by atoms with E-state index < -0.39 is 11.7 Å². The molecule has 0 aromatic heterocycles. The predicted molar refractivity (Wildman–Crippen MR) is 82.1 cm³/mol. The summed E-state index contributed by atoms with van der Waals surface area (Å²) in [5, 5.41) is 2.68. The van der Waals surface area contributed by atoms with E-state index in [4.69, 9.17) is 0 Å². The van der Waals surface area contributed by atoms with E-state index >= 15 is 0 Å². The number of hydrogen-bond donors (Lipinski definition) is 2. The lowest BCUT2D eigenvalue weighted by Crippen LogP contribution is -2.13. The molecule has 104 valence electrons. The molecule has 0 spiro atoms. The van der Waals surface area contributed by atoms with Gasteiger partial charge >= 0.3 is 0 Å². The summed E-state index contributed by atoms with van der Waals surface area (Å²) in [6, 6.07) is 11.7. The van der Waals surface area contributed by atoms with E-state index in [9.17, 15) is 9.18 Å². The van der Waals surface area contributed by atoms with Gasteiger partial charge in [-0.3, -0.25) is 4.79 Å². The number of carbonyl (C=O) groups excluding carboxylic acids is 1. The average molecular weight is 289 g/mol. The van der Waals surface area contributed by atoms with Gasteiger partial charge in [0.15, 0.2) is 0 Å². The smallest absolute Gasteiger partial charge is 0.258 e. The molecule has 0 aliphatic carbocycles. The molecule has 0 heterocycles. The Bertz CT molecular complexity index is 623. The van der Waals surface area contributed by atoms with E-state index in [1.165, 1.54) is 23.8 Å². The number of benzene rings is 2. The molecule has 1 N–H and O–H groups in total. The Morgan fingerprint density at radius 3 is 2.40 bits per heavy atom. The molecule has 0 saturated carbocycles. The maximum atomic E-state index is 13.6. The summed E-state index contributed by atoms with van der Waals surface area (Å²) in [6.45, 7) is 4.20. The summed E-state index contributed by atoms with van der Waals surface area (Å²) in [6.07, 6.45) is 0. The van der Waals surface area contributed by atoms with Crippen LogP contribution in [0.4, 0.5) is 10.1 Å². The van der Waals surface area contributed by atoms with Crippen molar-refractivity contribution in [3.05, 3.63) is 59.4 Å². The van der Waals surface area contributed by atoms with Crippen LogP contribution in [0.25, 0.3) is 0 Å². The van der Waals surface area contributed by atoms with Crippen molar-refractivity contribution >= 4 is 24.2 Å². The van der Waals surface area contributed by atoms with Crippen molar-refractivity contribution in [1.29, 1.82) is 0 Å². The normalized spacial score (nSPS) is 10.7. The van der Waals surface area contributed by atoms with Crippen LogP contribution in [0.2, 0.25) is 0 Å². The van der Waals surface area contributed by atoms with Crippen molar-refractivity contribution in [2.75, 3.05) is 5.32 Å². The summed E-state index contributed by atoms with van der Waals surface area (Å²) >= 11 is 4.11. The number of rotatable bonds is 3. The van der Waals surface area contributed by atoms with Crippen LogP contribution in [0.5, 0.6) is 0 Å². The Hall–Kier alpha value is -1.81. The zero-order valence-electron chi connectivity index (χ0n) is 11.4. The monoisotopic (exact) mass is 289 g/mol. The van der Waals surface area contributed by atoms with Gasteiger partial charge in [0, 0.05) is 10.6 Å². The number of nitrogens with one attached hydrogen (secondary N) is 1. The van der Waals surface area contributed by atoms with Gasteiger partial charge in [-0.25, -0.2) is 4.39 Å². The third kappa shape index (κ3) is 3.39. The highest BCUT2D eigenvalue weighted by molar-refractivity contribution is 7.80. The first kappa shape index (κ1) is 14.6. The minimum atomic E-state index is -0.556. The van der Waals surface area contributed by atoms with Crippen molar-refractivity contribution in [2.45, 2.75) is 24.7 Å². The Morgan fingerprint density at radius 1 is 1.15 bits per heavy atom. The molecule has 2 nitrogen and oxygen atoms in total. The first-order valence-corrected chi connectivity index (χ1v) is 6.82. The van der Waals surface area contributed by atoms with Crippen molar-refractivity contribution in [3.8, 4) is 0 Å². The van der Waals surface area contributed by atoms with Crippen molar-refractivity contribution < 1.29 is 9.18 Å². The summed E-state index contributed by atoms with van der Waals surface area (Å²) in [5.41, 5.74) is 1.82. The van der Waals surface area contributed by atoms with E-state index in [-0.39, 0.29) is 5.56 Å². The first-order valence-electron chi connectivity index (χ1n) is 6.37. The van der Waals surface area contributed by atoms with Gasteiger partial charge in [-0.15, -0.1) is 12.6 Å². The van der Waals surface area contributed by atoms with E-state index in [0.717, 1.165) is 0 Å². The quantitative estimate of drug-likeness (QED) is 0.801. The molecule has 0 aliphatic heterocycles. The highest BCUT2D eigenvalue weighted by Gasteiger charge is 2.12. The van der Waals surface area contributed by atoms with Gasteiger partial charge in [0.1, 0.15) is 5.82 Å². The molecule has 0 radical (unpaired) electrons. The maximum Gasteiger partial charge on any atom is 0.258 e. The number of thiol groups is 1. The fraction of sp³-hybridized carbons (Fsp3) is 0.188. The summed E-state index contributed by atoms with van der Waals surface area (Å²) in [4.78, 5) is 12.6. The molecule has 0 aliphatic rings. The van der Waals surface area contributed by atoms with Crippen molar-refractivity contribution in [1.82, 2.24) is 0 Å². The van der Waals surface area contributed by atoms with Gasteiger partial charge in [0.05, 0.1) is 5.56 Å². The van der Waals surface area contributed by atoms with Gasteiger partial charge in [-0.2, -0.15) is 0 Å². The Kier molecular flexibility index (Phi) is 4.45. The second-order valence-corrected chi connectivity index (χ2v) is 5.41. The summed E-state index contributed by atoms with van der Waals surface area (Å²) in [5.74, 6) is -0.604. The lowest BCUT2D eigenvalue weighted by Gasteiger charge is -2.09. The fourth-order valence-corrected chi connectivity index (χ4v) is 2.04. The number of amides is 1. The van der Waals surface area contributed by atoms with E-state index in [1.807, 2.05) is 24.3 Å². The number of hydrogen-bond acceptors (Lipinski definition) is 2. The highest BCUT2D eigenvalue weighted by atomic mass is 32.1. The molecule has 0 saturated heterocycles. The van der Waals surface area contributed by atoms with Crippen LogP contribution in [0.3, 0.4) is 0 Å². The number of carbonyl (C=O) groups is 1. The molecule has 2 rings (SSSR count). The third-order valence-corrected chi connectivity index (χ3v) is 3.31. The largest absolute Gasteiger partial charge is 0.322 e. The fourth-order valence-electron chi connectivity index (χ4n) is 1.84. The van der Waals surface area contributed by atoms with Gasteiger partial charge in [-0.1, -0.05) is 26.0 Å². The van der Waals surface area contributed by atoms with Crippen LogP contribution in [-0.4, -0.2) is 5.91 Å². The molecule has 0 bridgehead atoms. The first-order chi connectivity index (χ1) is 9.47. The second kappa shape index (κ2) is 6.09. The third-order valence-electron chi connectivity index (χ3n) is 3.03. The van der Waals surface area contributed by atoms with E-state index in [2.05, 4.69) is 31.8 Å². The molecular formula is C16H16FNOS. The van der Waals surface area contributed by atoms with Gasteiger partial charge in [0.2, 0.25) is 0 Å². The van der Waals surface area contributed by atoms with Crippen LogP contribution in [0.1, 0.15) is 35.7 Å². The van der Waals surface area contributed by atoms with Gasteiger partial charge in [-0.05, 0) is 41.8 Å². The number of anilines is 1. The molecule has 2 aromatic carbocycles. The lowest BCUT2D eigenvalue weighted by molar-refractivity contribution is 0.102. The molecule has 2 aromatic rings. The molecule has 20 heavy (non-hydrogen) atoms. The average Bonchev–Trinajstić information content (AvgIpc) is 2.42. The van der Waals surface area contributed by atoms with Gasteiger partial charge in [0.25, 0.3) is 5.91 Å². The molecule has 0 unspecified atom stereocenters. The van der Waals surface area contributed by atoms with Gasteiger partial charge < -0.3 is 5.32 Å². The minimum Gasteiger partial charge on any atom is -0.322 e. The molecule has 0 fully saturated rings. The molecule has 0 atom stereocenters. The number of halogens is 1. The Balaban J connectivity index is 2.17. The maximum absolute atomic E-state index is 13.6. The van der Waals surface area contributed by atoms with E-state index in [1.54, 1.807) is 0 Å². The molecule has 4 heteroatoms. The topological polar surface area (TPSA) is 29.1 Å². The summed E-state index contributed by atoms with van der Waals surface area (Å²) < 4.78 is 13.6. The minimum absolute atomic E-state index is 0.00886. The van der Waals surface area contributed by atoms with Crippen LogP contribution in [0.15, 0.2) is 47.4 Å². The Morgan fingerprint density at radius 2 is 1.80 bits per heavy atom. The zero-order chi connectivity index (χ0) is 14.7. The van der Waals surface area contributed by atoms with Crippen LogP contribution < -0.4 is 5.32 Å². The predicted octanol–water partition coefficient (Wildman–Crippen LogP) is 4.49. The van der Waals surface area contributed by atoms with Crippen LogP contribution >= 0.6 is 12.6 Å². The standard InChI is InChI=1S/C16H16FNOS/c1-10(2)11-3-5-12(6-4-11)18-16(19)14-9-13(20)7-8-15(14)17/h3-10,20H,1-2H3,(H,18,19). The van der Waals surface area contributed by atoms with Crippen LogP contribution in [-0.2, 0) is 0 Å². The van der Waals surface area contributed by atoms with Crippen molar-refractivity contribution in [2.24, 2.45) is 0 Å². The Labute approximate surface area is 123 Å². The van der Waals surface area contributed by atoms with Crippen LogP contribution in [0, 0.1) is 5.82 Å². The lowest BCUT2D eigenvalue weighted by atomic mass is 10.0. The highest BCUT2D eigenvalue weighted by Crippen LogP contribution is 2.19. The van der Waals surface area contributed by atoms with Crippen molar-refractivity contribution in [3.63, 3.8) is 0 Å². The SMILES string of the molecule is CC(C)c1ccc(NC(=O)c2cc(S)ccc2F)cc1. The second-order valence-electron chi connectivity index (χ2n) is 4.89.